The van der Waals surface area contributed by atoms with E-state index in [-0.39, 0.29) is 0 Å². The van der Waals surface area contributed by atoms with E-state index in [1.165, 1.54) is 0 Å². The lowest BCUT2D eigenvalue weighted by atomic mass is 9.98. The van der Waals surface area contributed by atoms with Gasteiger partial charge in [0.1, 0.15) is 11.2 Å². The molecule has 0 spiro atoms. The van der Waals surface area contributed by atoms with Crippen molar-refractivity contribution in [2.75, 3.05) is 0 Å². The van der Waals surface area contributed by atoms with Crippen LogP contribution >= 0.6 is 0 Å². The van der Waals surface area contributed by atoms with Crippen molar-refractivity contribution in [2.45, 2.75) is 65.3 Å². The van der Waals surface area contributed by atoms with Crippen LogP contribution in [0.15, 0.2) is 60.7 Å². The molecule has 0 aliphatic rings. The molecule has 4 heteroatoms. The minimum absolute atomic E-state index is 0.403. The molecule has 1 N–H and O–H groups in total. The molecule has 2 aromatic carbocycles. The summed E-state index contributed by atoms with van der Waals surface area (Å²) in [5.74, 6) is 0. The molecule has 0 atom stereocenters. The molecule has 0 saturated heterocycles. The fourth-order valence-corrected chi connectivity index (χ4v) is 1.98. The third-order valence-electron chi connectivity index (χ3n) is 3.67. The van der Waals surface area contributed by atoms with Crippen LogP contribution in [-0.4, -0.2) is 10.9 Å². The highest BCUT2D eigenvalue weighted by molar-refractivity contribution is 5.22. The van der Waals surface area contributed by atoms with Crippen molar-refractivity contribution in [3.05, 3.63) is 71.8 Å². The van der Waals surface area contributed by atoms with Gasteiger partial charge in [-0.25, -0.2) is 14.7 Å². The zero-order valence-electron chi connectivity index (χ0n) is 16.9. The molecule has 144 valence electrons. The summed E-state index contributed by atoms with van der Waals surface area (Å²) in [6.07, 6.45) is 0. The molecule has 0 heterocycles. The Morgan fingerprint density at radius 1 is 0.577 bits per heavy atom. The predicted octanol–water partition coefficient (Wildman–Crippen LogP) is 6.08. The van der Waals surface area contributed by atoms with Gasteiger partial charge in [-0.15, -0.1) is 0 Å². The molecule has 2 rings (SSSR count). The van der Waals surface area contributed by atoms with Gasteiger partial charge < -0.3 is 0 Å². The summed E-state index contributed by atoms with van der Waals surface area (Å²) in [6, 6.07) is 20.2. The van der Waals surface area contributed by atoms with Crippen molar-refractivity contribution in [1.29, 1.82) is 0 Å². The molecule has 2 aromatic rings. The summed E-state index contributed by atoms with van der Waals surface area (Å²) < 4.78 is 0. The van der Waals surface area contributed by atoms with Gasteiger partial charge in [0, 0.05) is 0 Å². The minimum atomic E-state index is -0.493. The molecular formula is C22H32O4. The van der Waals surface area contributed by atoms with Crippen LogP contribution in [0.3, 0.4) is 0 Å². The van der Waals surface area contributed by atoms with E-state index in [0.717, 1.165) is 11.1 Å². The first-order chi connectivity index (χ1) is 12.0. The van der Waals surface area contributed by atoms with E-state index >= 15 is 0 Å². The van der Waals surface area contributed by atoms with E-state index in [0.29, 0.717) is 0 Å². The van der Waals surface area contributed by atoms with Crippen molar-refractivity contribution in [2.24, 2.45) is 0 Å². The van der Waals surface area contributed by atoms with Crippen LogP contribution in [0, 0.1) is 0 Å². The van der Waals surface area contributed by atoms with Gasteiger partial charge in [-0.2, -0.15) is 0 Å². The first kappa shape index (κ1) is 22.3. The van der Waals surface area contributed by atoms with Crippen LogP contribution in [0.25, 0.3) is 0 Å². The van der Waals surface area contributed by atoms with Gasteiger partial charge in [-0.1, -0.05) is 60.7 Å². The zero-order chi connectivity index (χ0) is 19.8. The SMILES string of the molecule is CC(C)(C)OO.CC(C)(OOC(C)(C)c1ccccc1)c1ccccc1. The van der Waals surface area contributed by atoms with E-state index in [4.69, 9.17) is 15.0 Å². The van der Waals surface area contributed by atoms with Gasteiger partial charge in [-0.3, -0.25) is 5.26 Å². The summed E-state index contributed by atoms with van der Waals surface area (Å²) in [6.45, 7) is 13.3. The number of hydrogen-bond acceptors (Lipinski definition) is 4. The Morgan fingerprint density at radius 2 is 0.846 bits per heavy atom. The maximum atomic E-state index is 7.90. The van der Waals surface area contributed by atoms with E-state index in [2.05, 4.69) is 4.89 Å². The second-order valence-corrected chi connectivity index (χ2v) is 8.12. The van der Waals surface area contributed by atoms with E-state index in [1.807, 2.05) is 88.4 Å². The molecular weight excluding hydrogens is 328 g/mol. The Balaban J connectivity index is 0.000000487. The Kier molecular flexibility index (Phi) is 7.97. The van der Waals surface area contributed by atoms with Crippen LogP contribution in [0.5, 0.6) is 0 Å². The predicted molar refractivity (Wildman–Crippen MR) is 105 cm³/mol. The highest BCUT2D eigenvalue weighted by Gasteiger charge is 2.29. The number of benzene rings is 2. The highest BCUT2D eigenvalue weighted by Crippen LogP contribution is 2.31. The summed E-state index contributed by atoms with van der Waals surface area (Å²) in [4.78, 5) is 15.4. The standard InChI is InChI=1S/C18H22O2.C4H10O2/c1-17(2,15-11-7-5-8-12-15)19-20-18(3,4)16-13-9-6-10-14-16;1-4(2,3)6-5/h5-14H,1-4H3;5H,1-3H3. The lowest BCUT2D eigenvalue weighted by Gasteiger charge is -2.31. The minimum Gasteiger partial charge on any atom is -0.251 e. The number of hydrogen-bond donors (Lipinski definition) is 1. The lowest BCUT2D eigenvalue weighted by molar-refractivity contribution is -0.410. The van der Waals surface area contributed by atoms with E-state index in [1.54, 1.807) is 20.8 Å². The van der Waals surface area contributed by atoms with Crippen LogP contribution in [0.2, 0.25) is 0 Å². The van der Waals surface area contributed by atoms with Crippen LogP contribution in [0.1, 0.15) is 59.6 Å². The molecule has 0 radical (unpaired) electrons. The van der Waals surface area contributed by atoms with Gasteiger partial charge in [0.2, 0.25) is 0 Å². The van der Waals surface area contributed by atoms with E-state index in [9.17, 15) is 0 Å². The fraction of sp³-hybridized carbons (Fsp3) is 0.455. The topological polar surface area (TPSA) is 47.9 Å². The third-order valence-corrected chi connectivity index (χ3v) is 3.67. The summed E-state index contributed by atoms with van der Waals surface area (Å²) in [5.41, 5.74) is 0.786. The average Bonchev–Trinajstić information content (AvgIpc) is 2.62. The first-order valence-electron chi connectivity index (χ1n) is 8.78. The fourth-order valence-electron chi connectivity index (χ4n) is 1.98. The Morgan fingerprint density at radius 3 is 1.08 bits per heavy atom. The largest absolute Gasteiger partial charge is 0.251 e. The quantitative estimate of drug-likeness (QED) is 0.518. The molecule has 0 amide bonds. The molecule has 0 bridgehead atoms. The van der Waals surface area contributed by atoms with Crippen LogP contribution in [-0.2, 0) is 25.9 Å². The van der Waals surface area contributed by atoms with Gasteiger partial charge >= 0.3 is 0 Å². The molecule has 0 aliphatic carbocycles. The van der Waals surface area contributed by atoms with Crippen molar-refractivity contribution in [3.8, 4) is 0 Å². The smallest absolute Gasteiger partial charge is 0.123 e. The monoisotopic (exact) mass is 360 g/mol. The second-order valence-electron chi connectivity index (χ2n) is 8.12. The van der Waals surface area contributed by atoms with Crippen molar-refractivity contribution >= 4 is 0 Å². The van der Waals surface area contributed by atoms with Crippen LogP contribution < -0.4 is 0 Å². The molecule has 26 heavy (non-hydrogen) atoms. The molecule has 0 aliphatic heterocycles. The van der Waals surface area contributed by atoms with Gasteiger partial charge in [0.25, 0.3) is 0 Å². The number of rotatable bonds is 5. The third kappa shape index (κ3) is 7.67. The van der Waals surface area contributed by atoms with E-state index < -0.39 is 16.8 Å². The zero-order valence-corrected chi connectivity index (χ0v) is 16.9. The molecule has 0 unspecified atom stereocenters. The molecule has 0 aromatic heterocycles. The normalized spacial score (nSPS) is 12.3. The van der Waals surface area contributed by atoms with Crippen molar-refractivity contribution in [3.63, 3.8) is 0 Å². The molecule has 0 saturated carbocycles. The first-order valence-corrected chi connectivity index (χ1v) is 8.78. The van der Waals surface area contributed by atoms with Gasteiger partial charge in [0.05, 0.1) is 5.60 Å². The summed E-state index contributed by atoms with van der Waals surface area (Å²) in [7, 11) is 0. The Labute approximate surface area is 157 Å². The maximum Gasteiger partial charge on any atom is 0.123 e. The van der Waals surface area contributed by atoms with Crippen molar-refractivity contribution < 1.29 is 19.9 Å². The Hall–Kier alpha value is -1.72. The van der Waals surface area contributed by atoms with Crippen molar-refractivity contribution in [1.82, 2.24) is 0 Å². The average molecular weight is 360 g/mol. The Bertz CT molecular complexity index is 577. The van der Waals surface area contributed by atoms with Gasteiger partial charge in [0.15, 0.2) is 0 Å². The summed E-state index contributed by atoms with van der Waals surface area (Å²) >= 11 is 0. The van der Waals surface area contributed by atoms with Crippen LogP contribution in [0.4, 0.5) is 0 Å². The summed E-state index contributed by atoms with van der Waals surface area (Å²) in [5, 5.41) is 7.90. The maximum absolute atomic E-state index is 7.90. The second kappa shape index (κ2) is 9.28. The molecule has 4 nitrogen and oxygen atoms in total. The van der Waals surface area contributed by atoms with Gasteiger partial charge in [-0.05, 0) is 59.6 Å². The lowest BCUT2D eigenvalue weighted by Crippen LogP contribution is -2.29. The highest BCUT2D eigenvalue weighted by atomic mass is 17.2. The molecule has 0 fully saturated rings.